The van der Waals surface area contributed by atoms with Crippen molar-refractivity contribution in [3.63, 3.8) is 0 Å². The fraction of sp³-hybridized carbons (Fsp3) is 0.176. The summed E-state index contributed by atoms with van der Waals surface area (Å²) in [5.74, 6) is -0.570. The molecule has 0 saturated heterocycles. The smallest absolute Gasteiger partial charge is 0.127 e. The van der Waals surface area contributed by atoms with Gasteiger partial charge in [0.1, 0.15) is 5.75 Å². The summed E-state index contributed by atoms with van der Waals surface area (Å²) in [5.41, 5.74) is 5.80. The van der Waals surface area contributed by atoms with Gasteiger partial charge in [0.05, 0.1) is 29.5 Å². The van der Waals surface area contributed by atoms with Crippen LogP contribution in [0.3, 0.4) is 0 Å². The Morgan fingerprint density at radius 2 is 2.00 bits per heavy atom. The number of benzene rings is 2. The van der Waals surface area contributed by atoms with Gasteiger partial charge in [-0.05, 0) is 43.7 Å². The summed E-state index contributed by atoms with van der Waals surface area (Å²) in [6.45, 7) is 3.80. The Morgan fingerprint density at radius 1 is 1.26 bits per heavy atom. The Bertz CT molecular complexity index is 772. The Hall–Kier alpha value is -2.53. The number of carbonyl (C=O) groups is 1. The normalized spacial score (nSPS) is 11.2. The molecular formula is C17H16ClN2O3-. The summed E-state index contributed by atoms with van der Waals surface area (Å²) in [5, 5.41) is 15.5. The van der Waals surface area contributed by atoms with Crippen LogP contribution in [-0.2, 0) is 0 Å². The predicted octanol–water partition coefficient (Wildman–Crippen LogP) is 2.86. The van der Waals surface area contributed by atoms with Gasteiger partial charge in [-0.3, -0.25) is 5.43 Å². The van der Waals surface area contributed by atoms with E-state index >= 15 is 0 Å². The van der Waals surface area contributed by atoms with Gasteiger partial charge in [-0.15, -0.1) is 0 Å². The van der Waals surface area contributed by atoms with Crippen molar-refractivity contribution in [2.75, 3.05) is 12.5 Å². The van der Waals surface area contributed by atoms with E-state index in [1.54, 1.807) is 7.11 Å². The maximum absolute atomic E-state index is 10.9. The van der Waals surface area contributed by atoms with E-state index in [1.165, 1.54) is 18.2 Å². The Balaban J connectivity index is 2.31. The summed E-state index contributed by atoms with van der Waals surface area (Å²) in [6.07, 6.45) is 0. The number of rotatable bonds is 5. The van der Waals surface area contributed by atoms with Crippen molar-refractivity contribution in [2.24, 2.45) is 5.10 Å². The molecule has 0 atom stereocenters. The number of anilines is 1. The largest absolute Gasteiger partial charge is 0.545 e. The molecule has 1 N–H and O–H groups in total. The minimum Gasteiger partial charge on any atom is -0.545 e. The zero-order valence-corrected chi connectivity index (χ0v) is 13.8. The van der Waals surface area contributed by atoms with E-state index < -0.39 is 5.97 Å². The zero-order valence-electron chi connectivity index (χ0n) is 13.0. The Morgan fingerprint density at radius 3 is 2.65 bits per heavy atom. The van der Waals surface area contributed by atoms with Crippen molar-refractivity contribution in [1.29, 1.82) is 0 Å². The highest BCUT2D eigenvalue weighted by molar-refractivity contribution is 6.33. The summed E-state index contributed by atoms with van der Waals surface area (Å²) < 4.78 is 5.33. The molecule has 5 nitrogen and oxygen atoms in total. The second-order valence-electron chi connectivity index (χ2n) is 4.99. The molecule has 6 heteroatoms. The lowest BCUT2D eigenvalue weighted by Gasteiger charge is -2.11. The molecule has 0 aliphatic carbocycles. The van der Waals surface area contributed by atoms with Crippen molar-refractivity contribution in [1.82, 2.24) is 0 Å². The first-order valence-electron chi connectivity index (χ1n) is 6.88. The SMILES string of the molecule is COc1ccc(C)cc1/C(C)=N\Nc1cc(C(=O)[O-])ccc1Cl. The van der Waals surface area contributed by atoms with Crippen LogP contribution in [0, 0.1) is 6.92 Å². The number of carboxylic acid groups (broad SMARTS) is 1. The number of carbonyl (C=O) groups excluding carboxylic acids is 1. The topological polar surface area (TPSA) is 73.8 Å². The maximum Gasteiger partial charge on any atom is 0.127 e. The molecular weight excluding hydrogens is 316 g/mol. The molecule has 120 valence electrons. The quantitative estimate of drug-likeness (QED) is 0.675. The Labute approximate surface area is 139 Å². The second kappa shape index (κ2) is 7.15. The first kappa shape index (κ1) is 16.8. The first-order valence-corrected chi connectivity index (χ1v) is 7.26. The number of carboxylic acids is 1. The molecule has 23 heavy (non-hydrogen) atoms. The fourth-order valence-corrected chi connectivity index (χ4v) is 2.21. The molecule has 0 aliphatic rings. The number of nitrogens with one attached hydrogen (secondary N) is 1. The predicted molar refractivity (Wildman–Crippen MR) is 89.3 cm³/mol. The summed E-state index contributed by atoms with van der Waals surface area (Å²) >= 11 is 6.04. The molecule has 0 aromatic heterocycles. The van der Waals surface area contributed by atoms with Gasteiger partial charge in [0.25, 0.3) is 0 Å². The highest BCUT2D eigenvalue weighted by atomic mass is 35.5. The van der Waals surface area contributed by atoms with E-state index in [9.17, 15) is 9.90 Å². The molecule has 2 rings (SSSR count). The van der Waals surface area contributed by atoms with Crippen molar-refractivity contribution in [3.8, 4) is 5.75 Å². The number of hydrogen-bond acceptors (Lipinski definition) is 5. The number of aryl methyl sites for hydroxylation is 1. The third-order valence-corrected chi connectivity index (χ3v) is 3.62. The lowest BCUT2D eigenvalue weighted by Crippen LogP contribution is -2.22. The summed E-state index contributed by atoms with van der Waals surface area (Å²) in [4.78, 5) is 10.9. The molecule has 0 aliphatic heterocycles. The van der Waals surface area contributed by atoms with Crippen LogP contribution in [0.1, 0.15) is 28.4 Å². The van der Waals surface area contributed by atoms with E-state index in [1.807, 2.05) is 32.0 Å². The number of nitrogens with zero attached hydrogens (tertiary/aromatic N) is 1. The summed E-state index contributed by atoms with van der Waals surface area (Å²) in [6, 6.07) is 10.0. The van der Waals surface area contributed by atoms with Crippen LogP contribution in [0.2, 0.25) is 5.02 Å². The third kappa shape index (κ3) is 4.02. The fourth-order valence-electron chi connectivity index (χ4n) is 2.05. The van der Waals surface area contributed by atoms with Gasteiger partial charge in [-0.2, -0.15) is 5.10 Å². The van der Waals surface area contributed by atoms with Gasteiger partial charge >= 0.3 is 0 Å². The Kier molecular flexibility index (Phi) is 5.24. The third-order valence-electron chi connectivity index (χ3n) is 3.29. The maximum atomic E-state index is 10.9. The van der Waals surface area contributed by atoms with Gasteiger partial charge in [0.15, 0.2) is 0 Å². The zero-order chi connectivity index (χ0) is 17.0. The van der Waals surface area contributed by atoms with Crippen LogP contribution in [0.15, 0.2) is 41.5 Å². The minimum atomic E-state index is -1.27. The highest BCUT2D eigenvalue weighted by Gasteiger charge is 2.07. The number of hydrazone groups is 1. The molecule has 0 spiro atoms. The summed E-state index contributed by atoms with van der Waals surface area (Å²) in [7, 11) is 1.59. The number of ether oxygens (including phenoxy) is 1. The molecule has 0 fully saturated rings. The lowest BCUT2D eigenvalue weighted by molar-refractivity contribution is -0.255. The molecule has 0 unspecified atom stereocenters. The minimum absolute atomic E-state index is 0.0258. The van der Waals surface area contributed by atoms with Gasteiger partial charge in [0, 0.05) is 5.56 Å². The van der Waals surface area contributed by atoms with Gasteiger partial charge in [-0.1, -0.05) is 29.3 Å². The van der Waals surface area contributed by atoms with Gasteiger partial charge in [0.2, 0.25) is 0 Å². The molecule has 0 saturated carbocycles. The first-order chi connectivity index (χ1) is 10.9. The molecule has 2 aromatic rings. The van der Waals surface area contributed by atoms with Gasteiger partial charge < -0.3 is 14.6 Å². The van der Waals surface area contributed by atoms with Crippen LogP contribution in [0.4, 0.5) is 5.69 Å². The monoisotopic (exact) mass is 331 g/mol. The van der Waals surface area contributed by atoms with Crippen molar-refractivity contribution in [3.05, 3.63) is 58.1 Å². The molecule has 0 heterocycles. The van der Waals surface area contributed by atoms with Crippen LogP contribution >= 0.6 is 11.6 Å². The molecule has 2 aromatic carbocycles. The average Bonchev–Trinajstić information content (AvgIpc) is 2.53. The van der Waals surface area contributed by atoms with Gasteiger partial charge in [-0.25, -0.2) is 0 Å². The van der Waals surface area contributed by atoms with Crippen LogP contribution in [0.25, 0.3) is 0 Å². The van der Waals surface area contributed by atoms with Crippen LogP contribution < -0.4 is 15.3 Å². The van der Waals surface area contributed by atoms with E-state index in [0.29, 0.717) is 22.2 Å². The van der Waals surface area contributed by atoms with Crippen molar-refractivity contribution in [2.45, 2.75) is 13.8 Å². The number of aromatic carboxylic acids is 1. The van der Waals surface area contributed by atoms with E-state index in [-0.39, 0.29) is 5.56 Å². The second-order valence-corrected chi connectivity index (χ2v) is 5.40. The van der Waals surface area contributed by atoms with Crippen LogP contribution in [0.5, 0.6) is 5.75 Å². The molecule has 0 radical (unpaired) electrons. The number of halogens is 1. The average molecular weight is 332 g/mol. The highest BCUT2D eigenvalue weighted by Crippen LogP contribution is 2.24. The molecule has 0 amide bonds. The standard InChI is InChI=1S/C17H17ClN2O3/c1-10-4-7-16(23-3)13(8-10)11(2)19-20-15-9-12(17(21)22)5-6-14(15)18/h4-9,20H,1-3H3,(H,21,22)/p-1/b19-11-. The van der Waals surface area contributed by atoms with E-state index in [0.717, 1.165) is 11.1 Å². The van der Waals surface area contributed by atoms with Crippen molar-refractivity contribution >= 4 is 29.0 Å². The van der Waals surface area contributed by atoms with Crippen LogP contribution in [-0.4, -0.2) is 18.8 Å². The number of methoxy groups -OCH3 is 1. The number of hydrogen-bond donors (Lipinski definition) is 1. The molecule has 0 bridgehead atoms. The van der Waals surface area contributed by atoms with Crippen molar-refractivity contribution < 1.29 is 14.6 Å². The van der Waals surface area contributed by atoms with E-state index in [2.05, 4.69) is 10.5 Å². The lowest BCUT2D eigenvalue weighted by atomic mass is 10.1. The van der Waals surface area contributed by atoms with E-state index in [4.69, 9.17) is 16.3 Å².